The second-order valence-electron chi connectivity index (χ2n) is 6.99. The van der Waals surface area contributed by atoms with Gasteiger partial charge in [-0.1, -0.05) is 12.1 Å². The lowest BCUT2D eigenvalue weighted by Crippen LogP contribution is -2.29. The second kappa shape index (κ2) is 7.46. The topological polar surface area (TPSA) is 39.1 Å². The number of imidazole rings is 1. The molecule has 1 aliphatic heterocycles. The lowest BCUT2D eigenvalue weighted by Gasteiger charge is -2.22. The van der Waals surface area contributed by atoms with E-state index < -0.39 is 0 Å². The van der Waals surface area contributed by atoms with Gasteiger partial charge in [0.2, 0.25) is 0 Å². The lowest BCUT2D eigenvalue weighted by atomic mass is 9.94. The van der Waals surface area contributed by atoms with Crippen LogP contribution in [0.25, 0.3) is 11.0 Å². The maximum atomic E-state index is 13.3. The van der Waals surface area contributed by atoms with Gasteiger partial charge in [0.05, 0.1) is 18.1 Å². The summed E-state index contributed by atoms with van der Waals surface area (Å²) in [6.07, 6.45) is 3.34. The Bertz CT molecular complexity index is 882. The minimum absolute atomic E-state index is 0.205. The molecule has 4 rings (SSSR count). The number of fused-ring (bicyclic) bond motifs is 1. The van der Waals surface area contributed by atoms with Crippen molar-refractivity contribution in [2.24, 2.45) is 5.92 Å². The Morgan fingerprint density at radius 1 is 1.15 bits per heavy atom. The molecule has 0 radical (unpaired) electrons. The van der Waals surface area contributed by atoms with Crippen LogP contribution in [-0.2, 0) is 13.0 Å². The second-order valence-corrected chi connectivity index (χ2v) is 6.99. The summed E-state index contributed by atoms with van der Waals surface area (Å²) in [7, 11) is 1.67. The molecule has 4 nitrogen and oxygen atoms in total. The van der Waals surface area contributed by atoms with E-state index in [1.807, 2.05) is 24.3 Å². The number of piperidine rings is 1. The molecule has 5 heteroatoms. The van der Waals surface area contributed by atoms with Gasteiger partial charge in [-0.2, -0.15) is 0 Å². The summed E-state index contributed by atoms with van der Waals surface area (Å²) in [4.78, 5) is 4.92. The van der Waals surface area contributed by atoms with E-state index in [-0.39, 0.29) is 5.82 Å². The minimum atomic E-state index is -0.205. The van der Waals surface area contributed by atoms with Crippen molar-refractivity contribution < 1.29 is 9.13 Å². The van der Waals surface area contributed by atoms with Gasteiger partial charge in [0.1, 0.15) is 17.4 Å². The van der Waals surface area contributed by atoms with Crippen LogP contribution >= 0.6 is 0 Å². The van der Waals surface area contributed by atoms with Crippen LogP contribution in [-0.4, -0.2) is 29.8 Å². The van der Waals surface area contributed by atoms with E-state index in [0.717, 1.165) is 47.7 Å². The largest absolute Gasteiger partial charge is 0.497 e. The zero-order chi connectivity index (χ0) is 17.9. The van der Waals surface area contributed by atoms with Crippen molar-refractivity contribution in [3.05, 3.63) is 59.7 Å². The van der Waals surface area contributed by atoms with Crippen molar-refractivity contribution in [2.45, 2.75) is 25.8 Å². The van der Waals surface area contributed by atoms with E-state index in [1.165, 1.54) is 25.0 Å². The van der Waals surface area contributed by atoms with Crippen LogP contribution in [0.5, 0.6) is 5.75 Å². The number of ether oxygens (including phenoxy) is 1. The van der Waals surface area contributed by atoms with Crippen LogP contribution in [0.15, 0.2) is 42.5 Å². The van der Waals surface area contributed by atoms with Crippen molar-refractivity contribution in [2.75, 3.05) is 20.2 Å². The Morgan fingerprint density at radius 3 is 2.65 bits per heavy atom. The number of halogens is 1. The molecule has 2 aromatic carbocycles. The molecular formula is C21H24FN3O. The van der Waals surface area contributed by atoms with E-state index in [9.17, 15) is 4.39 Å². The zero-order valence-corrected chi connectivity index (χ0v) is 15.0. The molecular weight excluding hydrogens is 329 g/mol. The summed E-state index contributed by atoms with van der Waals surface area (Å²) in [6.45, 7) is 2.86. The normalized spacial score (nSPS) is 15.5. The van der Waals surface area contributed by atoms with Gasteiger partial charge in [0.25, 0.3) is 0 Å². The third kappa shape index (κ3) is 3.58. The van der Waals surface area contributed by atoms with Gasteiger partial charge in [-0.15, -0.1) is 0 Å². The average molecular weight is 353 g/mol. The molecule has 1 aliphatic rings. The first-order chi connectivity index (χ1) is 12.7. The Labute approximate surface area is 153 Å². The molecule has 1 saturated heterocycles. The smallest absolute Gasteiger partial charge is 0.123 e. The Balaban J connectivity index is 1.71. The number of aromatic nitrogens is 2. The molecule has 0 amide bonds. The molecule has 0 unspecified atom stereocenters. The molecule has 0 atom stereocenters. The minimum Gasteiger partial charge on any atom is -0.497 e. The standard InChI is InChI=1S/C21H24FN3O/c1-26-18-6-7-20-19(13-18)24-21(12-15-8-10-23-11-9-15)25(20)14-16-2-4-17(22)5-3-16/h2-7,13,15,23H,8-12,14H2,1H3. The number of hydrogen-bond donors (Lipinski definition) is 1. The van der Waals surface area contributed by atoms with Crippen LogP contribution in [0.2, 0.25) is 0 Å². The van der Waals surface area contributed by atoms with E-state index in [2.05, 4.69) is 16.0 Å². The number of methoxy groups -OCH3 is 1. The quantitative estimate of drug-likeness (QED) is 0.759. The van der Waals surface area contributed by atoms with Crippen molar-refractivity contribution >= 4 is 11.0 Å². The summed E-state index contributed by atoms with van der Waals surface area (Å²) < 4.78 is 20.9. The van der Waals surface area contributed by atoms with Crippen LogP contribution in [0, 0.1) is 11.7 Å². The monoisotopic (exact) mass is 353 g/mol. The predicted octanol–water partition coefficient (Wildman–Crippen LogP) is 3.77. The lowest BCUT2D eigenvalue weighted by molar-refractivity contribution is 0.364. The molecule has 0 bridgehead atoms. The fourth-order valence-electron chi connectivity index (χ4n) is 3.74. The van der Waals surface area contributed by atoms with Gasteiger partial charge >= 0.3 is 0 Å². The maximum absolute atomic E-state index is 13.3. The van der Waals surface area contributed by atoms with Crippen molar-refractivity contribution in [1.82, 2.24) is 14.9 Å². The van der Waals surface area contributed by atoms with Crippen LogP contribution < -0.4 is 10.1 Å². The summed E-state index contributed by atoms with van der Waals surface area (Å²) in [5, 5.41) is 3.42. The zero-order valence-electron chi connectivity index (χ0n) is 15.0. The third-order valence-electron chi connectivity index (χ3n) is 5.22. The molecule has 1 N–H and O–H groups in total. The maximum Gasteiger partial charge on any atom is 0.123 e. The van der Waals surface area contributed by atoms with E-state index in [4.69, 9.17) is 9.72 Å². The number of hydrogen-bond acceptors (Lipinski definition) is 3. The molecule has 136 valence electrons. The first kappa shape index (κ1) is 17.0. The summed E-state index contributed by atoms with van der Waals surface area (Å²) in [5.41, 5.74) is 3.13. The van der Waals surface area contributed by atoms with Crippen molar-refractivity contribution in [3.63, 3.8) is 0 Å². The number of nitrogens with zero attached hydrogens (tertiary/aromatic N) is 2. The average Bonchev–Trinajstić information content (AvgIpc) is 3.00. The predicted molar refractivity (Wildman–Crippen MR) is 101 cm³/mol. The summed E-state index contributed by atoms with van der Waals surface area (Å²) in [6, 6.07) is 12.8. The highest BCUT2D eigenvalue weighted by Crippen LogP contribution is 2.26. The Kier molecular flexibility index (Phi) is 4.89. The Morgan fingerprint density at radius 2 is 1.92 bits per heavy atom. The Hall–Kier alpha value is -2.40. The fraction of sp³-hybridized carbons (Fsp3) is 0.381. The van der Waals surface area contributed by atoms with Gasteiger partial charge in [-0.25, -0.2) is 9.37 Å². The first-order valence-electron chi connectivity index (χ1n) is 9.21. The highest BCUT2D eigenvalue weighted by molar-refractivity contribution is 5.78. The molecule has 26 heavy (non-hydrogen) atoms. The van der Waals surface area contributed by atoms with Crippen molar-refractivity contribution in [3.8, 4) is 5.75 Å². The van der Waals surface area contributed by atoms with Gasteiger partial charge in [0.15, 0.2) is 0 Å². The van der Waals surface area contributed by atoms with Gasteiger partial charge in [-0.05, 0) is 61.7 Å². The van der Waals surface area contributed by atoms with Crippen LogP contribution in [0.1, 0.15) is 24.2 Å². The molecule has 1 aromatic heterocycles. The molecule has 1 fully saturated rings. The molecule has 0 aliphatic carbocycles. The van der Waals surface area contributed by atoms with Gasteiger partial charge in [0, 0.05) is 19.0 Å². The molecule has 3 aromatic rings. The number of rotatable bonds is 5. The van der Waals surface area contributed by atoms with E-state index in [0.29, 0.717) is 12.5 Å². The highest BCUT2D eigenvalue weighted by atomic mass is 19.1. The van der Waals surface area contributed by atoms with Gasteiger partial charge in [-0.3, -0.25) is 0 Å². The molecule has 0 saturated carbocycles. The molecule has 2 heterocycles. The van der Waals surface area contributed by atoms with Crippen LogP contribution in [0.4, 0.5) is 4.39 Å². The number of benzene rings is 2. The fourth-order valence-corrected chi connectivity index (χ4v) is 3.74. The first-order valence-corrected chi connectivity index (χ1v) is 9.21. The third-order valence-corrected chi connectivity index (χ3v) is 5.22. The van der Waals surface area contributed by atoms with E-state index >= 15 is 0 Å². The number of nitrogens with one attached hydrogen (secondary N) is 1. The molecule has 0 spiro atoms. The highest BCUT2D eigenvalue weighted by Gasteiger charge is 2.19. The SMILES string of the molecule is COc1ccc2c(c1)nc(CC1CCNCC1)n2Cc1ccc(F)cc1. The summed E-state index contributed by atoms with van der Waals surface area (Å²) >= 11 is 0. The van der Waals surface area contributed by atoms with E-state index in [1.54, 1.807) is 7.11 Å². The summed E-state index contributed by atoms with van der Waals surface area (Å²) in [5.74, 6) is 2.37. The van der Waals surface area contributed by atoms with Gasteiger partial charge < -0.3 is 14.6 Å². The van der Waals surface area contributed by atoms with Crippen LogP contribution in [0.3, 0.4) is 0 Å². The van der Waals surface area contributed by atoms with Crippen molar-refractivity contribution in [1.29, 1.82) is 0 Å².